The summed E-state index contributed by atoms with van der Waals surface area (Å²) in [5.74, 6) is 0.645. The summed E-state index contributed by atoms with van der Waals surface area (Å²) < 4.78 is 0. The molecule has 2 heterocycles. The highest BCUT2D eigenvalue weighted by Crippen LogP contribution is 2.19. The van der Waals surface area contributed by atoms with Gasteiger partial charge in [0.2, 0.25) is 5.91 Å². The van der Waals surface area contributed by atoms with Gasteiger partial charge in [-0.15, -0.1) is 0 Å². The fourth-order valence-corrected chi connectivity index (χ4v) is 2.16. The van der Waals surface area contributed by atoms with E-state index in [2.05, 4.69) is 21.4 Å². The number of amides is 1. The van der Waals surface area contributed by atoms with E-state index in [4.69, 9.17) is 5.26 Å². The fourth-order valence-electron chi connectivity index (χ4n) is 2.16. The van der Waals surface area contributed by atoms with Crippen LogP contribution in [-0.2, 0) is 4.79 Å². The summed E-state index contributed by atoms with van der Waals surface area (Å²) in [6.45, 7) is 3.08. The Bertz CT molecular complexity index is 474. The number of piperidine rings is 1. The highest BCUT2D eigenvalue weighted by molar-refractivity contribution is 5.73. The molecule has 0 spiro atoms. The van der Waals surface area contributed by atoms with Gasteiger partial charge in [0.05, 0.1) is 0 Å². The molecule has 1 aliphatic heterocycles. The van der Waals surface area contributed by atoms with E-state index in [-0.39, 0.29) is 11.9 Å². The van der Waals surface area contributed by atoms with E-state index in [1.165, 1.54) is 13.1 Å². The Hall–Kier alpha value is -2.16. The van der Waals surface area contributed by atoms with Crippen molar-refractivity contribution in [1.29, 1.82) is 5.26 Å². The van der Waals surface area contributed by atoms with Crippen molar-refractivity contribution in [3.8, 4) is 6.07 Å². The van der Waals surface area contributed by atoms with E-state index in [1.807, 2.05) is 4.90 Å². The molecule has 1 amide bonds. The molecule has 1 aromatic rings. The van der Waals surface area contributed by atoms with Crippen LogP contribution in [0, 0.1) is 11.3 Å². The number of aromatic nitrogens is 2. The summed E-state index contributed by atoms with van der Waals surface area (Å²) >= 11 is 0. The minimum Gasteiger partial charge on any atom is -0.354 e. The van der Waals surface area contributed by atoms with Gasteiger partial charge in [-0.2, -0.15) is 5.26 Å². The fraction of sp³-hybridized carbons (Fsp3) is 0.500. The molecular formula is C12H15N5O. The van der Waals surface area contributed by atoms with Gasteiger partial charge in [-0.3, -0.25) is 4.79 Å². The highest BCUT2D eigenvalue weighted by atomic mass is 16.1. The second-order valence-electron chi connectivity index (χ2n) is 4.30. The predicted octanol–water partition coefficient (Wildman–Crippen LogP) is 0.453. The van der Waals surface area contributed by atoms with Gasteiger partial charge in [-0.1, -0.05) is 0 Å². The Morgan fingerprint density at radius 1 is 1.44 bits per heavy atom. The summed E-state index contributed by atoms with van der Waals surface area (Å²) in [5, 5.41) is 11.9. The van der Waals surface area contributed by atoms with Gasteiger partial charge in [0.15, 0.2) is 11.5 Å². The molecule has 18 heavy (non-hydrogen) atoms. The summed E-state index contributed by atoms with van der Waals surface area (Å²) in [7, 11) is 0. The van der Waals surface area contributed by atoms with Crippen LogP contribution in [0.2, 0.25) is 0 Å². The van der Waals surface area contributed by atoms with Gasteiger partial charge < -0.3 is 10.2 Å². The first kappa shape index (κ1) is 12.3. The van der Waals surface area contributed by atoms with E-state index >= 15 is 0 Å². The molecule has 0 unspecified atom stereocenters. The van der Waals surface area contributed by atoms with Crippen molar-refractivity contribution in [3.05, 3.63) is 18.1 Å². The topological polar surface area (TPSA) is 81.9 Å². The van der Waals surface area contributed by atoms with E-state index in [0.29, 0.717) is 11.5 Å². The molecule has 0 aliphatic carbocycles. The van der Waals surface area contributed by atoms with E-state index in [9.17, 15) is 4.79 Å². The predicted molar refractivity (Wildman–Crippen MR) is 65.8 cm³/mol. The second kappa shape index (κ2) is 5.45. The maximum absolute atomic E-state index is 11.0. The quantitative estimate of drug-likeness (QED) is 0.818. The van der Waals surface area contributed by atoms with Gasteiger partial charge in [0.25, 0.3) is 0 Å². The molecule has 94 valence electrons. The number of nitrogens with one attached hydrogen (secondary N) is 1. The van der Waals surface area contributed by atoms with Crippen molar-refractivity contribution >= 4 is 11.7 Å². The zero-order valence-corrected chi connectivity index (χ0v) is 10.3. The summed E-state index contributed by atoms with van der Waals surface area (Å²) in [6.07, 6.45) is 4.84. The van der Waals surface area contributed by atoms with E-state index in [1.54, 1.807) is 6.20 Å². The molecule has 1 N–H and O–H groups in total. The van der Waals surface area contributed by atoms with Crippen molar-refractivity contribution in [2.45, 2.75) is 25.8 Å². The minimum absolute atomic E-state index is 0.00525. The third-order valence-electron chi connectivity index (χ3n) is 2.99. The number of anilines is 1. The molecule has 1 fully saturated rings. The Kier molecular flexibility index (Phi) is 3.72. The van der Waals surface area contributed by atoms with Gasteiger partial charge >= 0.3 is 0 Å². The summed E-state index contributed by atoms with van der Waals surface area (Å²) in [6, 6.07) is 2.27. The summed E-state index contributed by atoms with van der Waals surface area (Å²) in [5.41, 5.74) is 0.357. The van der Waals surface area contributed by atoms with Crippen LogP contribution in [0.3, 0.4) is 0 Å². The maximum atomic E-state index is 11.0. The van der Waals surface area contributed by atoms with Gasteiger partial charge in [0, 0.05) is 38.4 Å². The molecule has 1 aromatic heterocycles. The van der Waals surface area contributed by atoms with E-state index < -0.39 is 0 Å². The second-order valence-corrected chi connectivity index (χ2v) is 4.30. The Balaban J connectivity index is 2.01. The lowest BCUT2D eigenvalue weighted by molar-refractivity contribution is -0.119. The van der Waals surface area contributed by atoms with Crippen LogP contribution in [0.1, 0.15) is 25.5 Å². The van der Waals surface area contributed by atoms with Gasteiger partial charge in [-0.05, 0) is 12.8 Å². The van der Waals surface area contributed by atoms with Crippen LogP contribution in [0.25, 0.3) is 0 Å². The lowest BCUT2D eigenvalue weighted by Crippen LogP contribution is -2.44. The SMILES string of the molecule is CC(=O)NC1CCN(c2nccnc2C#N)CC1. The number of nitrogens with zero attached hydrogens (tertiary/aromatic N) is 4. The van der Waals surface area contributed by atoms with Crippen LogP contribution in [0.4, 0.5) is 5.82 Å². The first-order chi connectivity index (χ1) is 8.70. The summed E-state index contributed by atoms with van der Waals surface area (Å²) in [4.78, 5) is 21.2. The van der Waals surface area contributed by atoms with Crippen LogP contribution in [-0.4, -0.2) is 35.0 Å². The van der Waals surface area contributed by atoms with Crippen molar-refractivity contribution < 1.29 is 4.79 Å². The van der Waals surface area contributed by atoms with Gasteiger partial charge in [0.1, 0.15) is 6.07 Å². The molecule has 0 aromatic carbocycles. The average Bonchev–Trinajstić information content (AvgIpc) is 2.39. The standard InChI is InChI=1S/C12H15N5O/c1-9(18)16-10-2-6-17(7-3-10)12-11(8-13)14-4-5-15-12/h4-5,10H,2-3,6-7H2,1H3,(H,16,18). The van der Waals surface area contributed by atoms with Crippen LogP contribution >= 0.6 is 0 Å². The minimum atomic E-state index is 0.00525. The molecule has 0 atom stereocenters. The molecule has 1 saturated heterocycles. The zero-order valence-electron chi connectivity index (χ0n) is 10.3. The number of carbonyl (C=O) groups excluding carboxylic acids is 1. The molecule has 1 aliphatic rings. The molecular weight excluding hydrogens is 230 g/mol. The smallest absolute Gasteiger partial charge is 0.217 e. The monoisotopic (exact) mass is 245 g/mol. The first-order valence-corrected chi connectivity index (χ1v) is 5.94. The number of nitriles is 1. The number of carbonyl (C=O) groups is 1. The number of rotatable bonds is 2. The lowest BCUT2D eigenvalue weighted by Gasteiger charge is -2.33. The molecule has 2 rings (SSSR count). The normalized spacial score (nSPS) is 16.1. The Morgan fingerprint density at radius 3 is 2.72 bits per heavy atom. The Labute approximate surface area is 106 Å². The van der Waals surface area contributed by atoms with Crippen molar-refractivity contribution in [2.75, 3.05) is 18.0 Å². The van der Waals surface area contributed by atoms with Crippen molar-refractivity contribution in [1.82, 2.24) is 15.3 Å². The average molecular weight is 245 g/mol. The molecule has 0 saturated carbocycles. The zero-order chi connectivity index (χ0) is 13.0. The van der Waals surface area contributed by atoms with Crippen LogP contribution in [0.5, 0.6) is 0 Å². The molecule has 0 radical (unpaired) electrons. The van der Waals surface area contributed by atoms with Crippen LogP contribution in [0.15, 0.2) is 12.4 Å². The largest absolute Gasteiger partial charge is 0.354 e. The third-order valence-corrected chi connectivity index (χ3v) is 2.99. The molecule has 6 heteroatoms. The number of hydrogen-bond acceptors (Lipinski definition) is 5. The highest BCUT2D eigenvalue weighted by Gasteiger charge is 2.22. The van der Waals surface area contributed by atoms with E-state index in [0.717, 1.165) is 25.9 Å². The van der Waals surface area contributed by atoms with Gasteiger partial charge in [-0.25, -0.2) is 9.97 Å². The van der Waals surface area contributed by atoms with Crippen molar-refractivity contribution in [3.63, 3.8) is 0 Å². The number of hydrogen-bond donors (Lipinski definition) is 1. The third kappa shape index (κ3) is 2.74. The van der Waals surface area contributed by atoms with Crippen molar-refractivity contribution in [2.24, 2.45) is 0 Å². The molecule has 6 nitrogen and oxygen atoms in total. The first-order valence-electron chi connectivity index (χ1n) is 5.94. The van der Waals surface area contributed by atoms with Crippen LogP contribution < -0.4 is 10.2 Å². The Morgan fingerprint density at radius 2 is 2.11 bits per heavy atom. The maximum Gasteiger partial charge on any atom is 0.217 e. The lowest BCUT2D eigenvalue weighted by atomic mass is 10.0. The molecule has 0 bridgehead atoms.